The normalized spacial score (nSPS) is 12.7. The summed E-state index contributed by atoms with van der Waals surface area (Å²) in [5.41, 5.74) is 1.19. The largest absolute Gasteiger partial charge is 0.491 e. The number of hydrogen-bond acceptors (Lipinski definition) is 3. The van der Waals surface area contributed by atoms with Crippen LogP contribution in [-0.4, -0.2) is 44.1 Å². The van der Waals surface area contributed by atoms with Crippen molar-refractivity contribution >= 4 is 5.91 Å². The molecule has 4 nitrogen and oxygen atoms in total. The molecule has 1 aromatic rings. The number of nitrogens with one attached hydrogen (secondary N) is 1. The number of amides is 1. The topological polar surface area (TPSA) is 41.6 Å². The van der Waals surface area contributed by atoms with Crippen LogP contribution in [0, 0.1) is 5.92 Å². The van der Waals surface area contributed by atoms with Gasteiger partial charge in [-0.1, -0.05) is 26.0 Å². The molecule has 23 heavy (non-hydrogen) atoms. The molecule has 1 N–H and O–H groups in total. The van der Waals surface area contributed by atoms with Gasteiger partial charge in [-0.05, 0) is 57.5 Å². The number of rotatable bonds is 9. The van der Waals surface area contributed by atoms with E-state index in [1.54, 1.807) is 0 Å². The van der Waals surface area contributed by atoms with Gasteiger partial charge in [0.15, 0.2) is 0 Å². The van der Waals surface area contributed by atoms with Gasteiger partial charge in [-0.3, -0.25) is 4.79 Å². The quantitative estimate of drug-likeness (QED) is 0.759. The van der Waals surface area contributed by atoms with Gasteiger partial charge in [0.2, 0.25) is 5.91 Å². The Balaban J connectivity index is 2.65. The maximum absolute atomic E-state index is 12.2. The maximum Gasteiger partial charge on any atom is 0.220 e. The monoisotopic (exact) mass is 320 g/mol. The molecule has 0 saturated heterocycles. The number of likely N-dealkylation sites (N-methyl/N-ethyl adjacent to an activating group) is 1. The first kappa shape index (κ1) is 19.5. The lowest BCUT2D eigenvalue weighted by Gasteiger charge is -2.22. The minimum Gasteiger partial charge on any atom is -0.491 e. The summed E-state index contributed by atoms with van der Waals surface area (Å²) in [6.45, 7) is 9.91. The molecule has 0 bridgehead atoms. The van der Waals surface area contributed by atoms with Crippen molar-refractivity contribution in [3.63, 3.8) is 0 Å². The molecule has 1 aromatic carbocycles. The molecule has 0 unspecified atom stereocenters. The first-order chi connectivity index (χ1) is 10.8. The molecule has 1 amide bonds. The van der Waals surface area contributed by atoms with Crippen molar-refractivity contribution in [2.75, 3.05) is 27.2 Å². The minimum absolute atomic E-state index is 0.119. The summed E-state index contributed by atoms with van der Waals surface area (Å²) in [5.74, 6) is 1.63. The summed E-state index contributed by atoms with van der Waals surface area (Å²) < 4.78 is 5.68. The van der Waals surface area contributed by atoms with Crippen molar-refractivity contribution < 1.29 is 9.53 Å². The lowest BCUT2D eigenvalue weighted by atomic mass is 9.85. The Labute approximate surface area is 141 Å². The van der Waals surface area contributed by atoms with Crippen LogP contribution in [0.4, 0.5) is 0 Å². The number of carbonyl (C=O) groups excluding carboxylic acids is 1. The molecule has 0 radical (unpaired) electrons. The molecule has 0 aliphatic heterocycles. The second kappa shape index (κ2) is 9.56. The van der Waals surface area contributed by atoms with Crippen molar-refractivity contribution in [2.45, 2.75) is 46.1 Å². The Kier molecular flexibility index (Phi) is 8.10. The molecule has 0 aliphatic carbocycles. The van der Waals surface area contributed by atoms with Crippen LogP contribution in [0.5, 0.6) is 5.75 Å². The third-order valence-electron chi connectivity index (χ3n) is 3.77. The predicted octanol–water partition coefficient (Wildman–Crippen LogP) is 3.28. The van der Waals surface area contributed by atoms with Crippen LogP contribution in [0.1, 0.15) is 45.6 Å². The molecule has 0 heterocycles. The maximum atomic E-state index is 12.2. The van der Waals surface area contributed by atoms with Crippen molar-refractivity contribution in [3.05, 3.63) is 29.8 Å². The highest BCUT2D eigenvalue weighted by Crippen LogP contribution is 2.29. The zero-order valence-corrected chi connectivity index (χ0v) is 15.4. The third-order valence-corrected chi connectivity index (χ3v) is 3.77. The van der Waals surface area contributed by atoms with Gasteiger partial charge in [-0.15, -0.1) is 0 Å². The van der Waals surface area contributed by atoms with Gasteiger partial charge in [-0.2, -0.15) is 0 Å². The molecule has 0 aliphatic rings. The molecule has 1 rings (SSSR count). The summed E-state index contributed by atoms with van der Waals surface area (Å²) in [6, 6.07) is 8.15. The van der Waals surface area contributed by atoms with E-state index in [1.807, 2.05) is 40.1 Å². The number of nitrogens with zero attached hydrogens (tertiary/aromatic N) is 1. The SMILES string of the molecule is CC(C)Oc1ccc([C@H](CC(=O)NCCN(C)C)C(C)C)cc1. The fourth-order valence-electron chi connectivity index (χ4n) is 2.50. The molecule has 130 valence electrons. The highest BCUT2D eigenvalue weighted by molar-refractivity contribution is 5.76. The number of carbonyl (C=O) groups is 1. The smallest absolute Gasteiger partial charge is 0.220 e. The average Bonchev–Trinajstić information content (AvgIpc) is 2.44. The van der Waals surface area contributed by atoms with Crippen LogP contribution in [0.2, 0.25) is 0 Å². The van der Waals surface area contributed by atoms with E-state index < -0.39 is 0 Å². The minimum atomic E-state index is 0.119. The van der Waals surface area contributed by atoms with E-state index in [9.17, 15) is 4.79 Å². The Morgan fingerprint density at radius 3 is 2.22 bits per heavy atom. The first-order valence-corrected chi connectivity index (χ1v) is 8.47. The molecule has 4 heteroatoms. The Hall–Kier alpha value is -1.55. The molecular weight excluding hydrogens is 288 g/mol. The Bertz CT molecular complexity index is 467. The second-order valence-corrected chi connectivity index (χ2v) is 6.94. The van der Waals surface area contributed by atoms with Gasteiger partial charge in [0.25, 0.3) is 0 Å². The van der Waals surface area contributed by atoms with Gasteiger partial charge in [0, 0.05) is 19.5 Å². The highest BCUT2D eigenvalue weighted by Gasteiger charge is 2.19. The van der Waals surface area contributed by atoms with Gasteiger partial charge in [0.1, 0.15) is 5.75 Å². The van der Waals surface area contributed by atoms with Crippen LogP contribution in [0.3, 0.4) is 0 Å². The lowest BCUT2D eigenvalue weighted by molar-refractivity contribution is -0.121. The van der Waals surface area contributed by atoms with Crippen molar-refractivity contribution in [1.82, 2.24) is 10.2 Å². The summed E-state index contributed by atoms with van der Waals surface area (Å²) in [6.07, 6.45) is 0.694. The van der Waals surface area contributed by atoms with Crippen LogP contribution in [-0.2, 0) is 4.79 Å². The van der Waals surface area contributed by atoms with Gasteiger partial charge in [0.05, 0.1) is 6.10 Å². The van der Waals surface area contributed by atoms with Crippen LogP contribution >= 0.6 is 0 Å². The summed E-state index contributed by atoms with van der Waals surface area (Å²) >= 11 is 0. The molecule has 0 aromatic heterocycles. The molecule has 1 atom stereocenters. The Morgan fingerprint density at radius 1 is 1.13 bits per heavy atom. The number of ether oxygens (including phenoxy) is 1. The summed E-state index contributed by atoms with van der Waals surface area (Å²) in [5, 5.41) is 3.00. The lowest BCUT2D eigenvalue weighted by Crippen LogP contribution is -2.32. The van der Waals surface area contributed by atoms with E-state index in [0.717, 1.165) is 12.3 Å². The van der Waals surface area contributed by atoms with E-state index in [-0.39, 0.29) is 17.9 Å². The molecule has 0 spiro atoms. The highest BCUT2D eigenvalue weighted by atomic mass is 16.5. The second-order valence-electron chi connectivity index (χ2n) is 6.94. The van der Waals surface area contributed by atoms with Crippen LogP contribution in [0.15, 0.2) is 24.3 Å². The van der Waals surface area contributed by atoms with Crippen molar-refractivity contribution in [1.29, 1.82) is 0 Å². The average molecular weight is 320 g/mol. The molecular formula is C19H32N2O2. The van der Waals surface area contributed by atoms with Gasteiger partial charge < -0.3 is 15.0 Å². The van der Waals surface area contributed by atoms with Crippen LogP contribution < -0.4 is 10.1 Å². The van der Waals surface area contributed by atoms with Crippen molar-refractivity contribution in [2.24, 2.45) is 5.92 Å². The molecule has 0 fully saturated rings. The molecule has 0 saturated carbocycles. The van der Waals surface area contributed by atoms with E-state index in [4.69, 9.17) is 4.74 Å². The van der Waals surface area contributed by atoms with E-state index in [0.29, 0.717) is 18.9 Å². The predicted molar refractivity (Wildman–Crippen MR) is 96.0 cm³/mol. The number of hydrogen-bond donors (Lipinski definition) is 1. The van der Waals surface area contributed by atoms with Crippen molar-refractivity contribution in [3.8, 4) is 5.75 Å². The Morgan fingerprint density at radius 2 is 1.74 bits per heavy atom. The summed E-state index contributed by atoms with van der Waals surface area (Å²) in [7, 11) is 4.01. The standard InChI is InChI=1S/C19H32N2O2/c1-14(2)18(13-19(22)20-11-12-21(5)6)16-7-9-17(10-8-16)23-15(3)4/h7-10,14-15,18H,11-13H2,1-6H3,(H,20,22)/t18-/m1/s1. The first-order valence-electron chi connectivity index (χ1n) is 8.47. The van der Waals surface area contributed by atoms with E-state index in [2.05, 4.69) is 36.2 Å². The van der Waals surface area contributed by atoms with E-state index in [1.165, 1.54) is 5.56 Å². The van der Waals surface area contributed by atoms with Gasteiger partial charge in [-0.25, -0.2) is 0 Å². The third kappa shape index (κ3) is 7.51. The zero-order valence-electron chi connectivity index (χ0n) is 15.4. The fraction of sp³-hybridized carbons (Fsp3) is 0.632. The fourth-order valence-corrected chi connectivity index (χ4v) is 2.50. The van der Waals surface area contributed by atoms with Gasteiger partial charge >= 0.3 is 0 Å². The van der Waals surface area contributed by atoms with E-state index >= 15 is 0 Å². The number of benzene rings is 1. The van der Waals surface area contributed by atoms with Crippen LogP contribution in [0.25, 0.3) is 0 Å². The zero-order chi connectivity index (χ0) is 17.4. The summed E-state index contributed by atoms with van der Waals surface area (Å²) in [4.78, 5) is 14.2.